The first-order valence-electron chi connectivity index (χ1n) is 4.89. The van der Waals surface area contributed by atoms with Gasteiger partial charge in [-0.05, 0) is 13.0 Å². The van der Waals surface area contributed by atoms with Gasteiger partial charge in [0.25, 0.3) is 0 Å². The topological polar surface area (TPSA) is 28.2 Å². The van der Waals surface area contributed by atoms with Gasteiger partial charge in [0, 0.05) is 25.8 Å². The summed E-state index contributed by atoms with van der Waals surface area (Å²) in [6.45, 7) is 4.75. The van der Waals surface area contributed by atoms with Crippen molar-refractivity contribution < 1.29 is 4.39 Å². The average molecular weight is 195 g/mol. The summed E-state index contributed by atoms with van der Waals surface area (Å²) < 4.78 is 13.4. The predicted octanol–water partition coefficient (Wildman–Crippen LogP) is 1.02. The van der Waals surface area contributed by atoms with E-state index in [2.05, 4.69) is 15.2 Å². The van der Waals surface area contributed by atoms with Gasteiger partial charge in [-0.15, -0.1) is 0 Å². The fourth-order valence-electron chi connectivity index (χ4n) is 1.72. The molecule has 0 atom stereocenters. The third kappa shape index (κ3) is 1.57. The van der Waals surface area contributed by atoms with Crippen molar-refractivity contribution in [2.45, 2.75) is 13.0 Å². The Morgan fingerprint density at radius 1 is 1.64 bits per heavy atom. The van der Waals surface area contributed by atoms with E-state index < -0.39 is 0 Å². The van der Waals surface area contributed by atoms with Crippen molar-refractivity contribution in [3.8, 4) is 0 Å². The van der Waals surface area contributed by atoms with Crippen LogP contribution in [-0.2, 0) is 0 Å². The first-order chi connectivity index (χ1) is 6.83. The Hall–Kier alpha value is -1.16. The quantitative estimate of drug-likeness (QED) is 0.780. The number of aromatic nitrogens is 1. The SMILES string of the molecule is CCN(c1ccncc1F)C1CNC1. The van der Waals surface area contributed by atoms with Crippen LogP contribution in [0.25, 0.3) is 0 Å². The Morgan fingerprint density at radius 2 is 2.43 bits per heavy atom. The van der Waals surface area contributed by atoms with Gasteiger partial charge in [0.15, 0.2) is 5.82 Å². The standard InChI is InChI=1S/C10H14FN3/c1-2-14(8-5-13-6-8)10-3-4-12-7-9(10)11/h3-4,7-8,13H,2,5-6H2,1H3. The van der Waals surface area contributed by atoms with E-state index in [0.29, 0.717) is 11.7 Å². The van der Waals surface area contributed by atoms with Gasteiger partial charge in [-0.3, -0.25) is 4.98 Å². The molecule has 0 amide bonds. The van der Waals surface area contributed by atoms with Crippen molar-refractivity contribution in [1.82, 2.24) is 10.3 Å². The molecule has 76 valence electrons. The summed E-state index contributed by atoms with van der Waals surface area (Å²) in [5.41, 5.74) is 0.661. The Kier molecular flexibility index (Phi) is 2.63. The fourth-order valence-corrected chi connectivity index (χ4v) is 1.72. The lowest BCUT2D eigenvalue weighted by Crippen LogP contribution is -2.57. The number of rotatable bonds is 3. The Labute approximate surface area is 82.9 Å². The molecule has 0 aliphatic carbocycles. The Morgan fingerprint density at radius 3 is 2.93 bits per heavy atom. The maximum atomic E-state index is 13.4. The van der Waals surface area contributed by atoms with E-state index >= 15 is 0 Å². The monoisotopic (exact) mass is 195 g/mol. The highest BCUT2D eigenvalue weighted by molar-refractivity contribution is 5.47. The van der Waals surface area contributed by atoms with Crippen LogP contribution in [0.4, 0.5) is 10.1 Å². The van der Waals surface area contributed by atoms with E-state index in [1.165, 1.54) is 6.20 Å². The van der Waals surface area contributed by atoms with Crippen LogP contribution in [0.2, 0.25) is 0 Å². The number of likely N-dealkylation sites (N-methyl/N-ethyl adjacent to an activating group) is 1. The summed E-state index contributed by atoms with van der Waals surface area (Å²) in [4.78, 5) is 5.82. The minimum absolute atomic E-state index is 0.235. The van der Waals surface area contributed by atoms with Crippen molar-refractivity contribution >= 4 is 5.69 Å². The zero-order valence-corrected chi connectivity index (χ0v) is 8.20. The second-order valence-electron chi connectivity index (χ2n) is 3.43. The zero-order valence-electron chi connectivity index (χ0n) is 8.20. The minimum Gasteiger partial charge on any atom is -0.364 e. The maximum Gasteiger partial charge on any atom is 0.164 e. The minimum atomic E-state index is -0.235. The van der Waals surface area contributed by atoms with E-state index in [-0.39, 0.29) is 5.82 Å². The molecule has 0 bridgehead atoms. The van der Waals surface area contributed by atoms with E-state index in [0.717, 1.165) is 19.6 Å². The molecule has 2 heterocycles. The first kappa shape index (κ1) is 9.40. The lowest BCUT2D eigenvalue weighted by molar-refractivity contribution is 0.413. The number of pyridine rings is 1. The maximum absolute atomic E-state index is 13.4. The van der Waals surface area contributed by atoms with E-state index in [1.807, 2.05) is 6.92 Å². The van der Waals surface area contributed by atoms with E-state index in [1.54, 1.807) is 12.3 Å². The van der Waals surface area contributed by atoms with Crippen LogP contribution in [0.1, 0.15) is 6.92 Å². The van der Waals surface area contributed by atoms with Crippen molar-refractivity contribution in [2.24, 2.45) is 0 Å². The van der Waals surface area contributed by atoms with Gasteiger partial charge in [-0.2, -0.15) is 0 Å². The van der Waals surface area contributed by atoms with Crippen LogP contribution in [0.15, 0.2) is 18.5 Å². The molecule has 14 heavy (non-hydrogen) atoms. The van der Waals surface area contributed by atoms with E-state index in [4.69, 9.17) is 0 Å². The summed E-state index contributed by atoms with van der Waals surface area (Å²) in [7, 11) is 0. The molecular weight excluding hydrogens is 181 g/mol. The van der Waals surface area contributed by atoms with Crippen LogP contribution in [0.3, 0.4) is 0 Å². The third-order valence-corrected chi connectivity index (χ3v) is 2.60. The molecule has 1 aromatic heterocycles. The zero-order chi connectivity index (χ0) is 9.97. The number of hydrogen-bond donors (Lipinski definition) is 1. The van der Waals surface area contributed by atoms with Gasteiger partial charge < -0.3 is 10.2 Å². The molecule has 4 heteroatoms. The molecule has 1 aliphatic heterocycles. The summed E-state index contributed by atoms with van der Waals surface area (Å²) in [6.07, 6.45) is 2.90. The first-order valence-corrected chi connectivity index (χ1v) is 4.89. The molecule has 1 aromatic rings. The smallest absolute Gasteiger partial charge is 0.164 e. The summed E-state index contributed by atoms with van der Waals surface area (Å²) >= 11 is 0. The van der Waals surface area contributed by atoms with Crippen molar-refractivity contribution in [1.29, 1.82) is 0 Å². The van der Waals surface area contributed by atoms with Crippen molar-refractivity contribution in [2.75, 3.05) is 24.5 Å². The van der Waals surface area contributed by atoms with Gasteiger partial charge >= 0.3 is 0 Å². The molecular formula is C10H14FN3. The lowest BCUT2D eigenvalue weighted by Gasteiger charge is -2.39. The molecule has 0 unspecified atom stereocenters. The lowest BCUT2D eigenvalue weighted by atomic mass is 10.1. The predicted molar refractivity (Wildman–Crippen MR) is 53.9 cm³/mol. The highest BCUT2D eigenvalue weighted by Gasteiger charge is 2.25. The van der Waals surface area contributed by atoms with Crippen LogP contribution >= 0.6 is 0 Å². The molecule has 1 fully saturated rings. The number of anilines is 1. The fraction of sp³-hybridized carbons (Fsp3) is 0.500. The van der Waals surface area contributed by atoms with Crippen LogP contribution in [-0.4, -0.2) is 30.7 Å². The molecule has 3 nitrogen and oxygen atoms in total. The molecule has 0 radical (unpaired) electrons. The van der Waals surface area contributed by atoms with Gasteiger partial charge in [0.05, 0.1) is 17.9 Å². The molecule has 0 saturated carbocycles. The molecule has 0 aromatic carbocycles. The van der Waals surface area contributed by atoms with Crippen molar-refractivity contribution in [3.05, 3.63) is 24.3 Å². The second kappa shape index (κ2) is 3.92. The van der Waals surface area contributed by atoms with Gasteiger partial charge in [0.1, 0.15) is 0 Å². The number of halogens is 1. The van der Waals surface area contributed by atoms with Gasteiger partial charge in [-0.25, -0.2) is 4.39 Å². The summed E-state index contributed by atoms with van der Waals surface area (Å²) in [5, 5.41) is 3.19. The largest absolute Gasteiger partial charge is 0.364 e. The summed E-state index contributed by atoms with van der Waals surface area (Å²) in [6, 6.07) is 2.16. The highest BCUT2D eigenvalue weighted by Crippen LogP contribution is 2.21. The number of hydrogen-bond acceptors (Lipinski definition) is 3. The molecule has 1 N–H and O–H groups in total. The second-order valence-corrected chi connectivity index (χ2v) is 3.43. The van der Waals surface area contributed by atoms with Crippen LogP contribution in [0, 0.1) is 5.82 Å². The Bertz CT molecular complexity index is 312. The number of nitrogens with one attached hydrogen (secondary N) is 1. The molecule has 1 saturated heterocycles. The molecule has 2 rings (SSSR count). The highest BCUT2D eigenvalue weighted by atomic mass is 19.1. The van der Waals surface area contributed by atoms with Gasteiger partial charge in [0.2, 0.25) is 0 Å². The van der Waals surface area contributed by atoms with Crippen molar-refractivity contribution in [3.63, 3.8) is 0 Å². The molecule has 1 aliphatic rings. The van der Waals surface area contributed by atoms with E-state index in [9.17, 15) is 4.39 Å². The normalized spacial score (nSPS) is 16.4. The molecule has 0 spiro atoms. The summed E-state index contributed by atoms with van der Waals surface area (Å²) in [5.74, 6) is -0.235. The third-order valence-electron chi connectivity index (χ3n) is 2.60. The van der Waals surface area contributed by atoms with Gasteiger partial charge in [-0.1, -0.05) is 0 Å². The number of nitrogens with zero attached hydrogens (tertiary/aromatic N) is 2. The van der Waals surface area contributed by atoms with Crippen LogP contribution in [0.5, 0.6) is 0 Å². The van der Waals surface area contributed by atoms with Crippen LogP contribution < -0.4 is 10.2 Å². The average Bonchev–Trinajstić information content (AvgIpc) is 2.12. The Balaban J connectivity index is 2.22.